The highest BCUT2D eigenvalue weighted by Gasteiger charge is 2.18. The van der Waals surface area contributed by atoms with E-state index in [1.54, 1.807) is 23.6 Å². The molecule has 7 heteroatoms. The van der Waals surface area contributed by atoms with Crippen molar-refractivity contribution in [3.63, 3.8) is 0 Å². The van der Waals surface area contributed by atoms with Gasteiger partial charge in [-0.05, 0) is 57.9 Å². The van der Waals surface area contributed by atoms with Crippen LogP contribution in [0.25, 0.3) is 10.2 Å². The molecule has 1 aromatic carbocycles. The minimum Gasteiger partial charge on any atom is -0.350 e. The molecule has 0 fully saturated rings. The number of rotatable bonds is 6. The molecule has 0 aliphatic heterocycles. The summed E-state index contributed by atoms with van der Waals surface area (Å²) >= 11 is 5.07. The number of halogens is 2. The van der Waals surface area contributed by atoms with Crippen LogP contribution in [0.15, 0.2) is 64.6 Å². The van der Waals surface area contributed by atoms with Crippen LogP contribution in [0.5, 0.6) is 0 Å². The second-order valence-electron chi connectivity index (χ2n) is 6.37. The Kier molecular flexibility index (Phi) is 5.54. The summed E-state index contributed by atoms with van der Waals surface area (Å²) < 4.78 is 17.5. The van der Waals surface area contributed by atoms with Crippen molar-refractivity contribution in [1.29, 1.82) is 0 Å². The maximum atomic E-state index is 13.6. The van der Waals surface area contributed by atoms with Crippen molar-refractivity contribution in [2.45, 2.75) is 13.0 Å². The number of hydrogen-bond donors (Lipinski definition) is 1. The van der Waals surface area contributed by atoms with E-state index >= 15 is 0 Å². The van der Waals surface area contributed by atoms with Crippen LogP contribution in [0, 0.1) is 5.82 Å². The molecule has 0 atom stereocenters. The van der Waals surface area contributed by atoms with Crippen LogP contribution < -0.4 is 5.32 Å². The molecule has 0 saturated carbocycles. The average Bonchev–Trinajstić information content (AvgIpc) is 3.20. The predicted octanol–water partition coefficient (Wildman–Crippen LogP) is 5.02. The van der Waals surface area contributed by atoms with E-state index in [4.69, 9.17) is 0 Å². The van der Waals surface area contributed by atoms with Crippen molar-refractivity contribution < 1.29 is 9.18 Å². The van der Waals surface area contributed by atoms with Gasteiger partial charge in [-0.25, -0.2) is 4.39 Å². The Hall–Kier alpha value is -2.51. The molecule has 0 bridgehead atoms. The third kappa shape index (κ3) is 4.15. The fraction of sp³-hybridized carbons (Fsp3) is 0.143. The topological polar surface area (TPSA) is 46.9 Å². The number of carbonyl (C=O) groups is 1. The number of nitrogens with zero attached hydrogens (tertiary/aromatic N) is 2. The molecule has 28 heavy (non-hydrogen) atoms. The van der Waals surface area contributed by atoms with Gasteiger partial charge in [-0.15, -0.1) is 11.3 Å². The van der Waals surface area contributed by atoms with Gasteiger partial charge >= 0.3 is 0 Å². The molecular formula is C21H17BrFN3OS. The van der Waals surface area contributed by atoms with Gasteiger partial charge in [0.25, 0.3) is 5.91 Å². The number of nitrogens with one attached hydrogen (secondary N) is 1. The zero-order valence-corrected chi connectivity index (χ0v) is 17.3. The lowest BCUT2D eigenvalue weighted by Crippen LogP contribution is -2.28. The van der Waals surface area contributed by atoms with Gasteiger partial charge in [0.2, 0.25) is 0 Å². The van der Waals surface area contributed by atoms with Crippen molar-refractivity contribution in [1.82, 2.24) is 14.9 Å². The van der Waals surface area contributed by atoms with Crippen LogP contribution in [-0.4, -0.2) is 22.0 Å². The fourth-order valence-electron chi connectivity index (χ4n) is 3.13. The Bertz CT molecular complexity index is 1120. The number of thiophene rings is 1. The number of amides is 1. The Morgan fingerprint density at radius 1 is 1.18 bits per heavy atom. The van der Waals surface area contributed by atoms with E-state index < -0.39 is 0 Å². The second kappa shape index (κ2) is 8.24. The summed E-state index contributed by atoms with van der Waals surface area (Å²) in [5.74, 6) is -0.430. The first kappa shape index (κ1) is 18.8. The average molecular weight is 458 g/mol. The molecule has 1 amide bonds. The van der Waals surface area contributed by atoms with E-state index in [1.807, 2.05) is 41.0 Å². The fourth-order valence-corrected chi connectivity index (χ4v) is 4.69. The van der Waals surface area contributed by atoms with E-state index in [9.17, 15) is 9.18 Å². The van der Waals surface area contributed by atoms with Gasteiger partial charge < -0.3 is 9.88 Å². The molecule has 3 aromatic heterocycles. The molecule has 3 heterocycles. The largest absolute Gasteiger partial charge is 0.350 e. The molecule has 4 rings (SSSR count). The Labute approximate surface area is 174 Å². The van der Waals surface area contributed by atoms with Crippen molar-refractivity contribution in [3.8, 4) is 0 Å². The zero-order chi connectivity index (χ0) is 19.5. The minimum atomic E-state index is -0.284. The molecule has 0 radical (unpaired) electrons. The van der Waals surface area contributed by atoms with Gasteiger partial charge in [0.1, 0.15) is 11.5 Å². The van der Waals surface area contributed by atoms with Crippen molar-refractivity contribution in [2.24, 2.45) is 0 Å². The van der Waals surface area contributed by atoms with Crippen LogP contribution in [0.1, 0.15) is 21.7 Å². The SMILES string of the molecule is O=C(NCCc1ccccn1)c1cc2sc(Br)cc2n1Cc1cccc(F)c1. The summed E-state index contributed by atoms with van der Waals surface area (Å²) in [6, 6.07) is 16.1. The molecule has 142 valence electrons. The number of hydrogen-bond acceptors (Lipinski definition) is 3. The zero-order valence-electron chi connectivity index (χ0n) is 14.9. The summed E-state index contributed by atoms with van der Waals surface area (Å²) in [6.07, 6.45) is 2.41. The summed E-state index contributed by atoms with van der Waals surface area (Å²) in [6.45, 7) is 0.922. The number of fused-ring (bicyclic) bond motifs is 1. The van der Waals surface area contributed by atoms with Crippen LogP contribution >= 0.6 is 27.3 Å². The molecule has 4 nitrogen and oxygen atoms in total. The van der Waals surface area contributed by atoms with Crippen LogP contribution in [0.3, 0.4) is 0 Å². The molecule has 0 spiro atoms. The third-order valence-corrected chi connectivity index (χ3v) is 5.99. The Morgan fingerprint density at radius 2 is 2.07 bits per heavy atom. The molecule has 0 unspecified atom stereocenters. The minimum absolute atomic E-state index is 0.146. The smallest absolute Gasteiger partial charge is 0.267 e. The maximum absolute atomic E-state index is 13.6. The lowest BCUT2D eigenvalue weighted by molar-refractivity contribution is 0.0945. The maximum Gasteiger partial charge on any atom is 0.267 e. The number of aromatic nitrogens is 2. The van der Waals surface area contributed by atoms with E-state index in [2.05, 4.69) is 26.2 Å². The van der Waals surface area contributed by atoms with Gasteiger partial charge in [-0.1, -0.05) is 18.2 Å². The highest BCUT2D eigenvalue weighted by atomic mass is 79.9. The van der Waals surface area contributed by atoms with Crippen LogP contribution in [0.2, 0.25) is 0 Å². The van der Waals surface area contributed by atoms with Gasteiger partial charge in [0, 0.05) is 31.4 Å². The highest BCUT2D eigenvalue weighted by molar-refractivity contribution is 9.11. The monoisotopic (exact) mass is 457 g/mol. The summed E-state index contributed by atoms with van der Waals surface area (Å²) in [5, 5.41) is 2.97. The molecule has 0 saturated heterocycles. The molecule has 1 N–H and O–H groups in total. The first-order chi connectivity index (χ1) is 13.6. The molecule has 0 aliphatic carbocycles. The first-order valence-electron chi connectivity index (χ1n) is 8.81. The Morgan fingerprint density at radius 3 is 2.86 bits per heavy atom. The van der Waals surface area contributed by atoms with E-state index in [0.717, 1.165) is 25.3 Å². The quantitative estimate of drug-likeness (QED) is 0.441. The molecule has 0 aliphatic rings. The first-order valence-corrected chi connectivity index (χ1v) is 10.4. The second-order valence-corrected chi connectivity index (χ2v) is 8.84. The van der Waals surface area contributed by atoms with E-state index in [-0.39, 0.29) is 11.7 Å². The third-order valence-electron chi connectivity index (χ3n) is 4.41. The van der Waals surface area contributed by atoms with E-state index in [0.29, 0.717) is 25.2 Å². The Balaban J connectivity index is 1.57. The number of benzene rings is 1. The summed E-state index contributed by atoms with van der Waals surface area (Å²) in [5.41, 5.74) is 3.26. The normalized spacial score (nSPS) is 11.1. The predicted molar refractivity (Wildman–Crippen MR) is 113 cm³/mol. The highest BCUT2D eigenvalue weighted by Crippen LogP contribution is 2.33. The standard InChI is InChI=1S/C21H17BrFN3OS/c22-20-12-17-19(28-20)11-18(26(17)13-14-4-3-5-15(23)10-14)21(27)25-9-7-16-6-1-2-8-24-16/h1-6,8,10-12H,7,9,13H2,(H,25,27). The van der Waals surface area contributed by atoms with Crippen LogP contribution in [0.4, 0.5) is 4.39 Å². The van der Waals surface area contributed by atoms with Gasteiger partial charge in [0.15, 0.2) is 0 Å². The summed E-state index contributed by atoms with van der Waals surface area (Å²) in [7, 11) is 0. The number of carbonyl (C=O) groups excluding carboxylic acids is 1. The number of pyridine rings is 1. The van der Waals surface area contributed by atoms with E-state index in [1.165, 1.54) is 12.1 Å². The van der Waals surface area contributed by atoms with Crippen molar-refractivity contribution >= 4 is 43.4 Å². The van der Waals surface area contributed by atoms with Crippen molar-refractivity contribution in [2.75, 3.05) is 6.54 Å². The van der Waals surface area contributed by atoms with Gasteiger partial charge in [-0.3, -0.25) is 9.78 Å². The van der Waals surface area contributed by atoms with Gasteiger partial charge in [0.05, 0.1) is 14.0 Å². The van der Waals surface area contributed by atoms with Crippen LogP contribution in [-0.2, 0) is 13.0 Å². The molecule has 4 aromatic rings. The lowest BCUT2D eigenvalue weighted by atomic mass is 10.2. The van der Waals surface area contributed by atoms with Gasteiger partial charge in [-0.2, -0.15) is 0 Å². The van der Waals surface area contributed by atoms with Crippen molar-refractivity contribution in [3.05, 3.63) is 87.3 Å². The lowest BCUT2D eigenvalue weighted by Gasteiger charge is -2.11. The molecular weight excluding hydrogens is 441 g/mol. The summed E-state index contributed by atoms with van der Waals surface area (Å²) in [4.78, 5) is 17.1.